The fourth-order valence-corrected chi connectivity index (χ4v) is 6.40. The number of hydrogen-bond acceptors (Lipinski definition) is 6. The predicted octanol–water partition coefficient (Wildman–Crippen LogP) is 6.47. The number of fused-ring (bicyclic) bond motifs is 2. The molecule has 0 N–H and O–H groups in total. The second-order valence-corrected chi connectivity index (χ2v) is 10.1. The van der Waals surface area contributed by atoms with Crippen molar-refractivity contribution in [3.63, 3.8) is 0 Å². The van der Waals surface area contributed by atoms with Crippen LogP contribution in [0.5, 0.6) is 0 Å². The first-order valence-electron chi connectivity index (χ1n) is 10.2. The number of amides is 1. The lowest BCUT2D eigenvalue weighted by Crippen LogP contribution is -2.46. The number of carbonyl (C=O) groups is 1. The van der Waals surface area contributed by atoms with Crippen molar-refractivity contribution in [3.05, 3.63) is 88.4 Å². The number of β-lactam (4-membered cyclic amide) rings is 1. The topological polar surface area (TPSA) is 49.3 Å². The lowest BCUT2D eigenvalue weighted by atomic mass is 9.94. The Hall–Kier alpha value is -2.87. The van der Waals surface area contributed by atoms with Gasteiger partial charge in [0.1, 0.15) is 5.01 Å². The SMILES string of the molecule is O=C1CC(c2ccccc2Cl)N1c1nnc(CN2c3ccccc3Sc3ccccc32)s1. The van der Waals surface area contributed by atoms with Crippen LogP contribution in [-0.2, 0) is 11.3 Å². The van der Waals surface area contributed by atoms with Crippen molar-refractivity contribution in [2.75, 3.05) is 9.80 Å². The molecule has 1 unspecified atom stereocenters. The predicted molar refractivity (Wildman–Crippen MR) is 129 cm³/mol. The van der Waals surface area contributed by atoms with Gasteiger partial charge < -0.3 is 4.90 Å². The number of anilines is 3. The molecule has 1 aromatic heterocycles. The zero-order valence-electron chi connectivity index (χ0n) is 16.8. The van der Waals surface area contributed by atoms with E-state index in [1.807, 2.05) is 24.3 Å². The number of nitrogens with zero attached hydrogens (tertiary/aromatic N) is 4. The van der Waals surface area contributed by atoms with Gasteiger partial charge in [-0.15, -0.1) is 10.2 Å². The average molecular weight is 477 g/mol. The van der Waals surface area contributed by atoms with Gasteiger partial charge in [0, 0.05) is 14.8 Å². The highest BCUT2D eigenvalue weighted by molar-refractivity contribution is 7.99. The molecule has 1 saturated heterocycles. The van der Waals surface area contributed by atoms with Crippen molar-refractivity contribution < 1.29 is 4.79 Å². The van der Waals surface area contributed by atoms with Gasteiger partial charge in [0.2, 0.25) is 11.0 Å². The number of rotatable bonds is 4. The summed E-state index contributed by atoms with van der Waals surface area (Å²) in [5, 5.41) is 10.9. The third kappa shape index (κ3) is 3.28. The third-order valence-corrected chi connectivity index (χ3v) is 8.08. The summed E-state index contributed by atoms with van der Waals surface area (Å²) in [5.74, 6) is 0.0442. The molecule has 1 amide bonds. The van der Waals surface area contributed by atoms with Gasteiger partial charge in [-0.1, -0.05) is 77.2 Å². The molecule has 0 saturated carbocycles. The molecule has 1 fully saturated rings. The summed E-state index contributed by atoms with van der Waals surface area (Å²) in [6, 6.07) is 24.3. The van der Waals surface area contributed by atoms with Gasteiger partial charge in [0.15, 0.2) is 0 Å². The highest BCUT2D eigenvalue weighted by atomic mass is 35.5. The minimum atomic E-state index is -0.0927. The lowest BCUT2D eigenvalue weighted by molar-refractivity contribution is -0.124. The zero-order chi connectivity index (χ0) is 21.7. The number of hydrogen-bond donors (Lipinski definition) is 0. The fourth-order valence-electron chi connectivity index (χ4n) is 4.14. The molecule has 8 heteroatoms. The number of para-hydroxylation sites is 2. The van der Waals surface area contributed by atoms with Crippen LogP contribution < -0.4 is 9.80 Å². The van der Waals surface area contributed by atoms with Crippen LogP contribution in [0.2, 0.25) is 5.02 Å². The molecule has 3 aromatic carbocycles. The van der Waals surface area contributed by atoms with Crippen LogP contribution >= 0.6 is 34.7 Å². The number of halogens is 1. The molecule has 0 radical (unpaired) electrons. The van der Waals surface area contributed by atoms with Gasteiger partial charge in [-0.2, -0.15) is 0 Å². The summed E-state index contributed by atoms with van der Waals surface area (Å²) >= 11 is 9.62. The smallest absolute Gasteiger partial charge is 0.231 e. The molecule has 0 spiro atoms. The summed E-state index contributed by atoms with van der Waals surface area (Å²) < 4.78 is 0. The highest BCUT2D eigenvalue weighted by Gasteiger charge is 2.41. The molecule has 2 aliphatic heterocycles. The van der Waals surface area contributed by atoms with Crippen molar-refractivity contribution in [1.82, 2.24) is 10.2 Å². The van der Waals surface area contributed by atoms with Crippen molar-refractivity contribution in [3.8, 4) is 0 Å². The molecule has 3 heterocycles. The molecule has 6 rings (SSSR count). The quantitative estimate of drug-likeness (QED) is 0.316. The summed E-state index contributed by atoms with van der Waals surface area (Å²) in [6.07, 6.45) is 0.433. The van der Waals surface area contributed by atoms with Gasteiger partial charge in [0.25, 0.3) is 0 Å². The van der Waals surface area contributed by atoms with E-state index in [0.29, 0.717) is 23.1 Å². The maximum Gasteiger partial charge on any atom is 0.231 e. The van der Waals surface area contributed by atoms with Gasteiger partial charge in [-0.3, -0.25) is 9.69 Å². The summed E-state index contributed by atoms with van der Waals surface area (Å²) in [6.45, 7) is 0.588. The maximum absolute atomic E-state index is 12.5. The molecule has 0 bridgehead atoms. The number of aromatic nitrogens is 2. The van der Waals surface area contributed by atoms with Crippen LogP contribution in [0.3, 0.4) is 0 Å². The molecular weight excluding hydrogens is 460 g/mol. The Labute approximate surface area is 198 Å². The second kappa shape index (κ2) is 7.92. The van der Waals surface area contributed by atoms with E-state index in [9.17, 15) is 4.79 Å². The lowest BCUT2D eigenvalue weighted by Gasteiger charge is -2.38. The van der Waals surface area contributed by atoms with E-state index in [-0.39, 0.29) is 11.9 Å². The van der Waals surface area contributed by atoms with Crippen molar-refractivity contribution in [2.45, 2.75) is 28.8 Å². The zero-order valence-corrected chi connectivity index (χ0v) is 19.2. The van der Waals surface area contributed by atoms with Crippen molar-refractivity contribution >= 4 is 57.1 Å². The van der Waals surface area contributed by atoms with Crippen LogP contribution in [0.15, 0.2) is 82.6 Å². The Morgan fingerprint density at radius 1 is 0.906 bits per heavy atom. The van der Waals surface area contributed by atoms with E-state index in [0.717, 1.165) is 21.9 Å². The highest BCUT2D eigenvalue weighted by Crippen LogP contribution is 2.49. The van der Waals surface area contributed by atoms with Gasteiger partial charge >= 0.3 is 0 Å². The molecular formula is C24H17ClN4OS2. The van der Waals surface area contributed by atoms with Gasteiger partial charge in [-0.05, 0) is 35.9 Å². The average Bonchev–Trinajstić information content (AvgIpc) is 3.25. The van der Waals surface area contributed by atoms with Gasteiger partial charge in [0.05, 0.1) is 30.4 Å². The molecule has 5 nitrogen and oxygen atoms in total. The van der Waals surface area contributed by atoms with Crippen molar-refractivity contribution in [2.24, 2.45) is 0 Å². The van der Waals surface area contributed by atoms with Crippen LogP contribution in [0.25, 0.3) is 0 Å². The van der Waals surface area contributed by atoms with Crippen LogP contribution in [0.1, 0.15) is 23.0 Å². The largest absolute Gasteiger partial charge is 0.333 e. The molecule has 0 aliphatic carbocycles. The molecule has 32 heavy (non-hydrogen) atoms. The van der Waals surface area contributed by atoms with E-state index in [2.05, 4.69) is 63.6 Å². The standard InChI is InChI=1S/C24H17ClN4OS2/c25-16-8-2-1-7-15(16)19-13-23(30)29(19)24-27-26-22(32-24)14-28-17-9-3-5-11-20(17)31-21-12-6-4-10-18(21)28/h1-12,19H,13-14H2. The minimum absolute atomic E-state index is 0.0442. The first-order valence-corrected chi connectivity index (χ1v) is 12.2. The number of benzene rings is 3. The van der Waals surface area contributed by atoms with E-state index in [1.165, 1.54) is 21.1 Å². The van der Waals surface area contributed by atoms with Crippen LogP contribution in [0, 0.1) is 0 Å². The first kappa shape index (κ1) is 19.8. The first-order chi connectivity index (χ1) is 15.7. The van der Waals surface area contributed by atoms with Crippen LogP contribution in [0.4, 0.5) is 16.5 Å². The summed E-state index contributed by atoms with van der Waals surface area (Å²) in [5.41, 5.74) is 3.25. The summed E-state index contributed by atoms with van der Waals surface area (Å²) in [4.78, 5) is 18.9. The van der Waals surface area contributed by atoms with E-state index < -0.39 is 0 Å². The molecule has 158 valence electrons. The van der Waals surface area contributed by atoms with E-state index >= 15 is 0 Å². The van der Waals surface area contributed by atoms with E-state index in [1.54, 1.807) is 16.7 Å². The molecule has 2 aliphatic rings. The third-order valence-electron chi connectivity index (χ3n) is 5.70. The monoisotopic (exact) mass is 476 g/mol. The maximum atomic E-state index is 12.5. The normalized spacial score (nSPS) is 17.0. The molecule has 4 aromatic rings. The van der Waals surface area contributed by atoms with Gasteiger partial charge in [-0.25, -0.2) is 0 Å². The molecule has 1 atom stereocenters. The Balaban J connectivity index is 1.31. The Morgan fingerprint density at radius 3 is 2.25 bits per heavy atom. The minimum Gasteiger partial charge on any atom is -0.333 e. The van der Waals surface area contributed by atoms with Crippen molar-refractivity contribution in [1.29, 1.82) is 0 Å². The Kier molecular flexibility index (Phi) is 4.90. The Morgan fingerprint density at radius 2 is 1.56 bits per heavy atom. The second-order valence-electron chi connectivity index (χ2n) is 7.61. The Bertz CT molecular complexity index is 1300. The van der Waals surface area contributed by atoms with Crippen LogP contribution in [-0.4, -0.2) is 16.1 Å². The summed E-state index contributed by atoms with van der Waals surface area (Å²) in [7, 11) is 0. The number of carbonyl (C=O) groups excluding carboxylic acids is 1. The fraction of sp³-hybridized carbons (Fsp3) is 0.125. The van der Waals surface area contributed by atoms with E-state index in [4.69, 9.17) is 11.6 Å².